The van der Waals surface area contributed by atoms with Crippen LogP contribution in [0.2, 0.25) is 0 Å². The zero-order valence-electron chi connectivity index (χ0n) is 6.92. The number of nitriles is 1. The molecule has 0 heterocycles. The number of allylic oxidation sites excluding steroid dienone is 2. The molecule has 12 heavy (non-hydrogen) atoms. The van der Waals surface area contributed by atoms with Gasteiger partial charge in [-0.1, -0.05) is 6.08 Å². The van der Waals surface area contributed by atoms with Crippen LogP contribution in [0.3, 0.4) is 0 Å². The first-order chi connectivity index (χ1) is 5.77. The summed E-state index contributed by atoms with van der Waals surface area (Å²) in [6.45, 7) is 0. The maximum Gasteiger partial charge on any atom is 0.250 e. The molecule has 0 saturated carbocycles. The number of nitrogens with one attached hydrogen (secondary N) is 1. The predicted octanol–water partition coefficient (Wildman–Crippen LogP) is 0.903. The van der Waals surface area contributed by atoms with E-state index in [-0.39, 0.29) is 5.91 Å². The average molecular weight is 162 g/mol. The van der Waals surface area contributed by atoms with Gasteiger partial charge in [0.15, 0.2) is 0 Å². The van der Waals surface area contributed by atoms with E-state index in [2.05, 4.69) is 11.4 Å². The van der Waals surface area contributed by atoms with Crippen LogP contribution < -0.4 is 5.32 Å². The van der Waals surface area contributed by atoms with Crippen LogP contribution in [0.15, 0.2) is 23.3 Å². The molecule has 3 heteroatoms. The summed E-state index contributed by atoms with van der Waals surface area (Å²) in [5, 5.41) is 11.1. The third-order valence-electron chi connectivity index (χ3n) is 1.74. The van der Waals surface area contributed by atoms with Gasteiger partial charge in [-0.3, -0.25) is 4.79 Å². The Bertz CT molecular complexity index is 294. The van der Waals surface area contributed by atoms with E-state index in [0.29, 0.717) is 11.1 Å². The number of hydrogen-bond acceptors (Lipinski definition) is 2. The molecule has 1 amide bonds. The normalized spacial score (nSPS) is 15.7. The molecule has 1 aliphatic carbocycles. The van der Waals surface area contributed by atoms with Gasteiger partial charge in [0.05, 0.1) is 6.07 Å². The Labute approximate surface area is 71.4 Å². The van der Waals surface area contributed by atoms with Gasteiger partial charge in [0, 0.05) is 18.2 Å². The molecule has 0 unspecified atom stereocenters. The first-order valence-electron chi connectivity index (χ1n) is 3.81. The van der Waals surface area contributed by atoms with Crippen LogP contribution in [-0.2, 0) is 4.79 Å². The fraction of sp³-hybridized carbons (Fsp3) is 0.333. The van der Waals surface area contributed by atoms with Gasteiger partial charge in [0.25, 0.3) is 5.91 Å². The second-order valence-electron chi connectivity index (χ2n) is 2.56. The van der Waals surface area contributed by atoms with Crippen LogP contribution in [0.5, 0.6) is 0 Å². The van der Waals surface area contributed by atoms with E-state index in [1.807, 2.05) is 6.08 Å². The summed E-state index contributed by atoms with van der Waals surface area (Å²) < 4.78 is 0. The maximum absolute atomic E-state index is 11.1. The van der Waals surface area contributed by atoms with Gasteiger partial charge < -0.3 is 5.32 Å². The minimum Gasteiger partial charge on any atom is -0.355 e. The van der Waals surface area contributed by atoms with Crippen molar-refractivity contribution in [2.75, 3.05) is 7.05 Å². The number of carbonyl (C=O) groups excluding carboxylic acids is 1. The minimum atomic E-state index is -0.123. The van der Waals surface area contributed by atoms with Crippen molar-refractivity contribution >= 4 is 5.91 Å². The smallest absolute Gasteiger partial charge is 0.250 e. The van der Waals surface area contributed by atoms with E-state index in [1.54, 1.807) is 13.1 Å². The third-order valence-corrected chi connectivity index (χ3v) is 1.74. The Balaban J connectivity index is 2.81. The van der Waals surface area contributed by atoms with Crippen molar-refractivity contribution in [1.29, 1.82) is 5.26 Å². The predicted molar refractivity (Wildman–Crippen MR) is 45.1 cm³/mol. The van der Waals surface area contributed by atoms with Crippen molar-refractivity contribution in [3.63, 3.8) is 0 Å². The first-order valence-corrected chi connectivity index (χ1v) is 3.81. The van der Waals surface area contributed by atoms with E-state index in [9.17, 15) is 4.79 Å². The first kappa shape index (κ1) is 8.54. The maximum atomic E-state index is 11.1. The summed E-state index contributed by atoms with van der Waals surface area (Å²) in [7, 11) is 1.58. The summed E-state index contributed by atoms with van der Waals surface area (Å²) in [5.74, 6) is -0.123. The minimum absolute atomic E-state index is 0.123. The average Bonchev–Trinajstić information content (AvgIpc) is 2.17. The van der Waals surface area contributed by atoms with Gasteiger partial charge in [0.2, 0.25) is 0 Å². The molecule has 1 aliphatic rings. The molecule has 0 aromatic heterocycles. The number of nitrogens with zero attached hydrogens (tertiary/aromatic N) is 1. The summed E-state index contributed by atoms with van der Waals surface area (Å²) in [4.78, 5) is 11.1. The molecule has 0 spiro atoms. The number of rotatable bonds is 1. The quantitative estimate of drug-likeness (QED) is 0.622. The molecule has 0 aliphatic heterocycles. The Morgan fingerprint density at radius 3 is 3.08 bits per heavy atom. The Morgan fingerprint density at radius 1 is 1.75 bits per heavy atom. The molecular formula is C9H10N2O. The highest BCUT2D eigenvalue weighted by Gasteiger charge is 2.09. The fourth-order valence-corrected chi connectivity index (χ4v) is 1.09. The highest BCUT2D eigenvalue weighted by atomic mass is 16.1. The summed E-state index contributed by atoms with van der Waals surface area (Å²) in [6, 6.07) is 2.05. The summed E-state index contributed by atoms with van der Waals surface area (Å²) in [5.41, 5.74) is 1.27. The highest BCUT2D eigenvalue weighted by Crippen LogP contribution is 2.16. The van der Waals surface area contributed by atoms with Crippen LogP contribution in [0.1, 0.15) is 12.8 Å². The second kappa shape index (κ2) is 3.72. The molecule has 1 rings (SSSR count). The molecule has 0 saturated heterocycles. The highest BCUT2D eigenvalue weighted by molar-refractivity contribution is 5.96. The lowest BCUT2D eigenvalue weighted by atomic mass is 10.00. The molecular weight excluding hydrogens is 152 g/mol. The van der Waals surface area contributed by atoms with Crippen molar-refractivity contribution < 1.29 is 4.79 Å². The molecule has 3 nitrogen and oxygen atoms in total. The van der Waals surface area contributed by atoms with Crippen molar-refractivity contribution in [2.45, 2.75) is 12.8 Å². The van der Waals surface area contributed by atoms with Crippen LogP contribution >= 0.6 is 0 Å². The van der Waals surface area contributed by atoms with Gasteiger partial charge in [-0.15, -0.1) is 0 Å². The molecule has 0 aromatic rings. The second-order valence-corrected chi connectivity index (χ2v) is 2.56. The molecule has 0 aromatic carbocycles. The Kier molecular flexibility index (Phi) is 2.65. The van der Waals surface area contributed by atoms with E-state index < -0.39 is 0 Å². The van der Waals surface area contributed by atoms with Crippen LogP contribution in [-0.4, -0.2) is 13.0 Å². The molecule has 1 N–H and O–H groups in total. The van der Waals surface area contributed by atoms with E-state index >= 15 is 0 Å². The largest absolute Gasteiger partial charge is 0.355 e. The molecule has 0 bridgehead atoms. The lowest BCUT2D eigenvalue weighted by Crippen LogP contribution is -2.20. The number of amides is 1. The molecule has 0 atom stereocenters. The Hall–Kier alpha value is -1.56. The van der Waals surface area contributed by atoms with Crippen molar-refractivity contribution in [1.82, 2.24) is 5.32 Å². The van der Waals surface area contributed by atoms with Crippen LogP contribution in [0.25, 0.3) is 0 Å². The Morgan fingerprint density at radius 2 is 2.50 bits per heavy atom. The summed E-state index contributed by atoms with van der Waals surface area (Å²) in [6.07, 6.45) is 5.02. The lowest BCUT2D eigenvalue weighted by Gasteiger charge is -2.06. The van der Waals surface area contributed by atoms with E-state index in [0.717, 1.165) is 12.8 Å². The number of carbonyl (C=O) groups is 1. The lowest BCUT2D eigenvalue weighted by molar-refractivity contribution is -0.116. The zero-order valence-corrected chi connectivity index (χ0v) is 6.92. The third kappa shape index (κ3) is 1.73. The van der Waals surface area contributed by atoms with Gasteiger partial charge in [-0.2, -0.15) is 5.26 Å². The van der Waals surface area contributed by atoms with Crippen LogP contribution in [0, 0.1) is 11.3 Å². The van der Waals surface area contributed by atoms with E-state index in [1.165, 1.54) is 0 Å². The molecule has 62 valence electrons. The number of hydrogen-bond donors (Lipinski definition) is 1. The standard InChI is InChI=1S/C9H10N2O/c1-11-9(12)8-4-2-3-7(5-8)6-10/h4-5H,2-3H2,1H3,(H,11,12). The van der Waals surface area contributed by atoms with Gasteiger partial charge in [0.1, 0.15) is 0 Å². The van der Waals surface area contributed by atoms with Crippen molar-refractivity contribution in [3.8, 4) is 6.07 Å². The number of likely N-dealkylation sites (N-methyl/N-ethyl adjacent to an activating group) is 1. The summed E-state index contributed by atoms with van der Waals surface area (Å²) >= 11 is 0. The van der Waals surface area contributed by atoms with Gasteiger partial charge in [-0.25, -0.2) is 0 Å². The van der Waals surface area contributed by atoms with Crippen molar-refractivity contribution in [3.05, 3.63) is 23.3 Å². The molecule has 0 radical (unpaired) electrons. The van der Waals surface area contributed by atoms with Crippen molar-refractivity contribution in [2.24, 2.45) is 0 Å². The van der Waals surface area contributed by atoms with Crippen LogP contribution in [0.4, 0.5) is 0 Å². The zero-order chi connectivity index (χ0) is 8.97. The topological polar surface area (TPSA) is 52.9 Å². The van der Waals surface area contributed by atoms with Gasteiger partial charge in [-0.05, 0) is 18.9 Å². The fourth-order valence-electron chi connectivity index (χ4n) is 1.09. The molecule has 0 fully saturated rings. The van der Waals surface area contributed by atoms with Gasteiger partial charge >= 0.3 is 0 Å². The monoisotopic (exact) mass is 162 g/mol. The SMILES string of the molecule is CNC(=O)C1=CCCC(C#N)=C1. The van der Waals surface area contributed by atoms with E-state index in [4.69, 9.17) is 5.26 Å².